The lowest BCUT2D eigenvalue weighted by Gasteiger charge is -2.59. The van der Waals surface area contributed by atoms with Crippen LogP contribution in [0.5, 0.6) is 0 Å². The summed E-state index contributed by atoms with van der Waals surface area (Å²) in [6.45, 7) is 4.98. The molecule has 24 heavy (non-hydrogen) atoms. The summed E-state index contributed by atoms with van der Waals surface area (Å²) in [6.07, 6.45) is 14.7. The lowest BCUT2D eigenvalue weighted by Crippen LogP contribution is -2.57. The van der Waals surface area contributed by atoms with Gasteiger partial charge in [-0.3, -0.25) is 0 Å². The average molecular weight is 327 g/mol. The first-order valence-corrected chi connectivity index (χ1v) is 11.0. The minimum absolute atomic E-state index is 0.186. The topological polar surface area (TPSA) is 24.7 Å². The molecular weight excluding hydrogens is 292 g/mol. The van der Waals surface area contributed by atoms with Gasteiger partial charge in [-0.1, -0.05) is 0 Å². The molecule has 132 valence electrons. The van der Waals surface area contributed by atoms with Crippen molar-refractivity contribution >= 4 is 0 Å². The Morgan fingerprint density at radius 2 is 0.708 bits per heavy atom. The zero-order chi connectivity index (χ0) is 16.1. The molecule has 2 heteroatoms. The van der Waals surface area contributed by atoms with Crippen molar-refractivity contribution in [3.63, 3.8) is 0 Å². The van der Waals surface area contributed by atoms with Crippen LogP contribution in [0, 0.1) is 47.3 Å². The van der Waals surface area contributed by atoms with E-state index in [0.29, 0.717) is 0 Å². The summed E-state index contributed by atoms with van der Waals surface area (Å²) in [7, 11) is 0. The molecule has 8 aliphatic carbocycles. The van der Waals surface area contributed by atoms with Crippen LogP contribution in [0.15, 0.2) is 10.2 Å². The fraction of sp³-hybridized carbons (Fsp3) is 1.00. The van der Waals surface area contributed by atoms with Crippen LogP contribution in [0.2, 0.25) is 0 Å². The van der Waals surface area contributed by atoms with Crippen molar-refractivity contribution < 1.29 is 0 Å². The first-order chi connectivity index (χ1) is 11.5. The molecule has 0 saturated heterocycles. The predicted molar refractivity (Wildman–Crippen MR) is 95.8 cm³/mol. The van der Waals surface area contributed by atoms with Crippen LogP contribution in [0.1, 0.15) is 78.1 Å². The SMILES string of the molecule is CC1(N=NC2(C)C3CC4CC(C3)CC2C4)C2CC3CC(C2)CC1C3. The Labute approximate surface area is 147 Å². The van der Waals surface area contributed by atoms with Crippen LogP contribution in [-0.4, -0.2) is 11.1 Å². The molecule has 0 N–H and O–H groups in total. The Hall–Kier alpha value is -0.400. The van der Waals surface area contributed by atoms with Gasteiger partial charge >= 0.3 is 0 Å². The highest BCUT2D eigenvalue weighted by Gasteiger charge is 2.58. The number of azo groups is 1. The standard InChI is InChI=1S/C22H34N2/c1-21(17-5-13-3-14(7-17)8-18(21)6-13)23-24-22(2)19-9-15-4-16(11-19)12-20(22)10-15/h13-20H,3-12H2,1-2H3. The molecule has 0 aromatic rings. The van der Waals surface area contributed by atoms with Gasteiger partial charge in [0.2, 0.25) is 0 Å². The Balaban J connectivity index is 1.30. The maximum atomic E-state index is 5.30. The lowest BCUT2D eigenvalue weighted by atomic mass is 9.49. The minimum atomic E-state index is 0.186. The fourth-order valence-corrected chi connectivity index (χ4v) is 8.82. The first-order valence-electron chi connectivity index (χ1n) is 11.0. The van der Waals surface area contributed by atoms with Gasteiger partial charge in [0.15, 0.2) is 0 Å². The number of nitrogens with zero attached hydrogens (tertiary/aromatic N) is 2. The van der Waals surface area contributed by atoms with Crippen LogP contribution in [0.25, 0.3) is 0 Å². The van der Waals surface area contributed by atoms with E-state index in [1.165, 1.54) is 64.2 Å². The van der Waals surface area contributed by atoms with E-state index in [-0.39, 0.29) is 11.1 Å². The smallest absolute Gasteiger partial charge is 0.0844 e. The molecular formula is C22H34N2. The van der Waals surface area contributed by atoms with Crippen molar-refractivity contribution in [3.05, 3.63) is 0 Å². The summed E-state index contributed by atoms with van der Waals surface area (Å²) in [6, 6.07) is 0. The summed E-state index contributed by atoms with van der Waals surface area (Å²) in [5, 5.41) is 10.6. The van der Waals surface area contributed by atoms with Gasteiger partial charge in [-0.05, 0) is 125 Å². The van der Waals surface area contributed by atoms with E-state index in [1.807, 2.05) is 0 Å². The summed E-state index contributed by atoms with van der Waals surface area (Å²) in [5.41, 5.74) is 0.371. The number of hydrogen-bond donors (Lipinski definition) is 0. The summed E-state index contributed by atoms with van der Waals surface area (Å²) >= 11 is 0. The van der Waals surface area contributed by atoms with Crippen molar-refractivity contribution in [2.24, 2.45) is 57.6 Å². The number of hydrogen-bond acceptors (Lipinski definition) is 2. The molecule has 0 atom stereocenters. The highest BCUT2D eigenvalue weighted by atomic mass is 15.2. The minimum Gasteiger partial charge on any atom is -0.187 e. The van der Waals surface area contributed by atoms with Crippen LogP contribution < -0.4 is 0 Å². The van der Waals surface area contributed by atoms with E-state index in [2.05, 4.69) is 13.8 Å². The normalized spacial score (nSPS) is 63.6. The molecule has 8 aliphatic rings. The van der Waals surface area contributed by atoms with E-state index < -0.39 is 0 Å². The molecule has 0 heterocycles. The van der Waals surface area contributed by atoms with Gasteiger partial charge in [0.25, 0.3) is 0 Å². The monoisotopic (exact) mass is 326 g/mol. The molecule has 0 radical (unpaired) electrons. The van der Waals surface area contributed by atoms with Crippen LogP contribution >= 0.6 is 0 Å². The van der Waals surface area contributed by atoms with Gasteiger partial charge < -0.3 is 0 Å². The van der Waals surface area contributed by atoms with Crippen molar-refractivity contribution in [3.8, 4) is 0 Å². The van der Waals surface area contributed by atoms with E-state index in [4.69, 9.17) is 10.2 Å². The molecule has 8 bridgehead atoms. The molecule has 0 amide bonds. The summed E-state index contributed by atoms with van der Waals surface area (Å²) in [5.74, 6) is 7.52. The van der Waals surface area contributed by atoms with Gasteiger partial charge in [0, 0.05) is 0 Å². The molecule has 0 unspecified atom stereocenters. The third-order valence-electron chi connectivity index (χ3n) is 10.1. The molecule has 0 spiro atoms. The Kier molecular flexibility index (Phi) is 2.86. The van der Waals surface area contributed by atoms with Crippen LogP contribution in [0.4, 0.5) is 0 Å². The highest BCUT2D eigenvalue weighted by molar-refractivity contribution is 5.11. The Bertz CT molecular complexity index is 471. The molecule has 8 saturated carbocycles. The van der Waals surface area contributed by atoms with Gasteiger partial charge in [-0.2, -0.15) is 10.2 Å². The first kappa shape index (κ1) is 14.7. The second kappa shape index (κ2) is 4.65. The van der Waals surface area contributed by atoms with E-state index >= 15 is 0 Å². The predicted octanol–water partition coefficient (Wildman–Crippen LogP) is 5.87. The Morgan fingerprint density at radius 1 is 0.458 bits per heavy atom. The molecule has 0 aromatic carbocycles. The van der Waals surface area contributed by atoms with E-state index in [9.17, 15) is 0 Å². The van der Waals surface area contributed by atoms with E-state index in [1.54, 1.807) is 0 Å². The van der Waals surface area contributed by atoms with Crippen molar-refractivity contribution in [2.75, 3.05) is 0 Å². The molecule has 0 aromatic heterocycles. The van der Waals surface area contributed by atoms with Gasteiger partial charge in [-0.15, -0.1) is 0 Å². The van der Waals surface area contributed by atoms with Crippen LogP contribution in [-0.2, 0) is 0 Å². The van der Waals surface area contributed by atoms with Crippen molar-refractivity contribution in [1.29, 1.82) is 0 Å². The maximum Gasteiger partial charge on any atom is 0.0844 e. The largest absolute Gasteiger partial charge is 0.187 e. The zero-order valence-corrected chi connectivity index (χ0v) is 15.6. The summed E-state index contributed by atoms with van der Waals surface area (Å²) < 4.78 is 0. The van der Waals surface area contributed by atoms with Gasteiger partial charge in [0.1, 0.15) is 0 Å². The second-order valence-corrected chi connectivity index (χ2v) is 11.3. The Morgan fingerprint density at radius 3 is 0.958 bits per heavy atom. The third kappa shape index (κ3) is 1.84. The molecule has 8 fully saturated rings. The number of rotatable bonds is 2. The molecule has 8 rings (SSSR count). The van der Waals surface area contributed by atoms with Crippen molar-refractivity contribution in [2.45, 2.75) is 89.1 Å². The molecule has 2 nitrogen and oxygen atoms in total. The van der Waals surface area contributed by atoms with E-state index in [0.717, 1.165) is 47.3 Å². The fourth-order valence-electron chi connectivity index (χ4n) is 8.82. The summed E-state index contributed by atoms with van der Waals surface area (Å²) in [4.78, 5) is 0. The zero-order valence-electron chi connectivity index (χ0n) is 15.6. The second-order valence-electron chi connectivity index (χ2n) is 11.3. The third-order valence-corrected chi connectivity index (χ3v) is 10.1. The average Bonchev–Trinajstić information content (AvgIpc) is 2.55. The quantitative estimate of drug-likeness (QED) is 0.567. The highest BCUT2D eigenvalue weighted by Crippen LogP contribution is 2.62. The lowest BCUT2D eigenvalue weighted by molar-refractivity contribution is -0.0658. The van der Waals surface area contributed by atoms with Gasteiger partial charge in [-0.25, -0.2) is 0 Å². The maximum absolute atomic E-state index is 5.30. The van der Waals surface area contributed by atoms with Crippen molar-refractivity contribution in [1.82, 2.24) is 0 Å². The molecule has 0 aliphatic heterocycles. The van der Waals surface area contributed by atoms with Crippen LogP contribution in [0.3, 0.4) is 0 Å². The van der Waals surface area contributed by atoms with Gasteiger partial charge in [0.05, 0.1) is 11.1 Å².